The maximum absolute atomic E-state index is 5.15. The summed E-state index contributed by atoms with van der Waals surface area (Å²) in [6.07, 6.45) is 2.79. The molecule has 100 valence electrons. The first-order valence-electron chi connectivity index (χ1n) is 6.18. The molecule has 0 aliphatic rings. The Kier molecular flexibility index (Phi) is 4.80. The summed E-state index contributed by atoms with van der Waals surface area (Å²) in [7, 11) is 1.68. The smallest absolute Gasteiger partial charge is 0.118 e. The molecule has 0 fully saturated rings. The Hall–Kier alpha value is -1.55. The van der Waals surface area contributed by atoms with Crippen molar-refractivity contribution in [2.45, 2.75) is 19.4 Å². The largest absolute Gasteiger partial charge is 0.497 e. The van der Waals surface area contributed by atoms with Gasteiger partial charge in [0.25, 0.3) is 0 Å². The summed E-state index contributed by atoms with van der Waals surface area (Å²) in [5.41, 5.74) is 2.31. The van der Waals surface area contributed by atoms with Gasteiger partial charge in [0, 0.05) is 6.04 Å². The van der Waals surface area contributed by atoms with Crippen LogP contribution in [0.15, 0.2) is 47.2 Å². The van der Waals surface area contributed by atoms with Crippen LogP contribution >= 0.6 is 15.9 Å². The molecule has 0 aliphatic heterocycles. The van der Waals surface area contributed by atoms with Crippen molar-refractivity contribution in [2.75, 3.05) is 12.4 Å². The number of hydrogen-bond acceptors (Lipinski definition) is 3. The topological polar surface area (TPSA) is 34.1 Å². The molecular formula is C15H17BrN2O. The molecular weight excluding hydrogens is 304 g/mol. The number of methoxy groups -OCH3 is 1. The van der Waals surface area contributed by atoms with Gasteiger partial charge in [0.1, 0.15) is 10.4 Å². The normalized spacial score (nSPS) is 11.9. The van der Waals surface area contributed by atoms with Gasteiger partial charge < -0.3 is 10.1 Å². The van der Waals surface area contributed by atoms with Gasteiger partial charge in [0.2, 0.25) is 0 Å². The highest BCUT2D eigenvalue weighted by atomic mass is 79.9. The third kappa shape index (κ3) is 4.24. The average molecular weight is 321 g/mol. The summed E-state index contributed by atoms with van der Waals surface area (Å²) in [4.78, 5) is 4.20. The number of hydrogen-bond donors (Lipinski definition) is 1. The molecule has 0 saturated carbocycles. The first kappa shape index (κ1) is 13.9. The molecule has 1 aromatic carbocycles. The van der Waals surface area contributed by atoms with Crippen molar-refractivity contribution in [1.29, 1.82) is 0 Å². The molecule has 3 nitrogen and oxygen atoms in total. The van der Waals surface area contributed by atoms with Crippen molar-refractivity contribution in [3.8, 4) is 5.75 Å². The maximum atomic E-state index is 5.15. The van der Waals surface area contributed by atoms with Gasteiger partial charge in [0.15, 0.2) is 0 Å². The Morgan fingerprint density at radius 1 is 1.21 bits per heavy atom. The molecule has 4 heteroatoms. The molecule has 1 N–H and O–H groups in total. The van der Waals surface area contributed by atoms with E-state index in [4.69, 9.17) is 4.74 Å². The zero-order valence-corrected chi connectivity index (χ0v) is 12.6. The highest BCUT2D eigenvalue weighted by Crippen LogP contribution is 2.15. The number of pyridine rings is 1. The zero-order chi connectivity index (χ0) is 13.7. The van der Waals surface area contributed by atoms with E-state index in [0.29, 0.717) is 6.04 Å². The molecule has 1 atom stereocenters. The van der Waals surface area contributed by atoms with Gasteiger partial charge in [-0.05, 0) is 59.1 Å². The first-order valence-corrected chi connectivity index (χ1v) is 6.97. The molecule has 1 heterocycles. The van der Waals surface area contributed by atoms with E-state index in [1.807, 2.05) is 30.5 Å². The molecule has 1 unspecified atom stereocenters. The van der Waals surface area contributed by atoms with Crippen LogP contribution in [0.4, 0.5) is 5.69 Å². The highest BCUT2D eigenvalue weighted by Gasteiger charge is 2.04. The molecule has 0 amide bonds. The Morgan fingerprint density at radius 2 is 1.95 bits per heavy atom. The SMILES string of the molecule is COc1ccc(CC(C)Nc2ccc(Br)nc2)cc1. The van der Waals surface area contributed by atoms with Crippen LogP contribution in [0.5, 0.6) is 5.75 Å². The van der Waals surface area contributed by atoms with Crippen molar-refractivity contribution in [3.05, 3.63) is 52.8 Å². The predicted octanol–water partition coefficient (Wildman–Crippen LogP) is 3.90. The lowest BCUT2D eigenvalue weighted by molar-refractivity contribution is 0.414. The van der Waals surface area contributed by atoms with E-state index in [-0.39, 0.29) is 0 Å². The standard InChI is InChI=1S/C15H17BrN2O/c1-11(18-13-5-8-15(16)17-10-13)9-12-3-6-14(19-2)7-4-12/h3-8,10-11,18H,9H2,1-2H3. The summed E-state index contributed by atoms with van der Waals surface area (Å²) in [6, 6.07) is 12.5. The van der Waals surface area contributed by atoms with E-state index in [9.17, 15) is 0 Å². The number of benzene rings is 1. The Bertz CT molecular complexity index is 511. The summed E-state index contributed by atoms with van der Waals surface area (Å²) in [6.45, 7) is 2.16. The van der Waals surface area contributed by atoms with E-state index in [1.54, 1.807) is 7.11 Å². The lowest BCUT2D eigenvalue weighted by Crippen LogP contribution is -2.18. The van der Waals surface area contributed by atoms with Crippen LogP contribution in [0, 0.1) is 0 Å². The van der Waals surface area contributed by atoms with E-state index in [0.717, 1.165) is 22.5 Å². The van der Waals surface area contributed by atoms with Gasteiger partial charge in [-0.25, -0.2) is 4.98 Å². The molecule has 1 aromatic heterocycles. The van der Waals surface area contributed by atoms with Crippen LogP contribution in [0.25, 0.3) is 0 Å². The van der Waals surface area contributed by atoms with Gasteiger partial charge in [0.05, 0.1) is 19.0 Å². The summed E-state index contributed by atoms with van der Waals surface area (Å²) < 4.78 is 6.00. The molecule has 0 spiro atoms. The molecule has 0 bridgehead atoms. The van der Waals surface area contributed by atoms with Crippen LogP contribution in [0.1, 0.15) is 12.5 Å². The minimum absolute atomic E-state index is 0.344. The Morgan fingerprint density at radius 3 is 2.53 bits per heavy atom. The van der Waals surface area contributed by atoms with Crippen molar-refractivity contribution in [3.63, 3.8) is 0 Å². The van der Waals surface area contributed by atoms with E-state index in [2.05, 4.69) is 45.3 Å². The van der Waals surface area contributed by atoms with Gasteiger partial charge >= 0.3 is 0 Å². The molecule has 0 radical (unpaired) electrons. The van der Waals surface area contributed by atoms with Crippen molar-refractivity contribution >= 4 is 21.6 Å². The van der Waals surface area contributed by atoms with E-state index in [1.165, 1.54) is 5.56 Å². The zero-order valence-electron chi connectivity index (χ0n) is 11.1. The lowest BCUT2D eigenvalue weighted by atomic mass is 10.1. The molecule has 2 aromatic rings. The van der Waals surface area contributed by atoms with Gasteiger partial charge in [-0.1, -0.05) is 12.1 Å². The fourth-order valence-electron chi connectivity index (χ4n) is 1.91. The monoisotopic (exact) mass is 320 g/mol. The fraction of sp³-hybridized carbons (Fsp3) is 0.267. The van der Waals surface area contributed by atoms with Crippen molar-refractivity contribution in [1.82, 2.24) is 4.98 Å². The summed E-state index contributed by atoms with van der Waals surface area (Å²) in [5, 5.41) is 3.43. The van der Waals surface area contributed by atoms with E-state index >= 15 is 0 Å². The average Bonchev–Trinajstić information content (AvgIpc) is 2.42. The van der Waals surface area contributed by atoms with Crippen molar-refractivity contribution < 1.29 is 4.74 Å². The van der Waals surface area contributed by atoms with Gasteiger partial charge in [-0.15, -0.1) is 0 Å². The summed E-state index contributed by atoms with van der Waals surface area (Å²) in [5.74, 6) is 0.890. The minimum Gasteiger partial charge on any atom is -0.497 e. The highest BCUT2D eigenvalue weighted by molar-refractivity contribution is 9.10. The number of nitrogens with one attached hydrogen (secondary N) is 1. The molecule has 19 heavy (non-hydrogen) atoms. The third-order valence-electron chi connectivity index (χ3n) is 2.84. The number of nitrogens with zero attached hydrogens (tertiary/aromatic N) is 1. The van der Waals surface area contributed by atoms with Crippen LogP contribution in [0.2, 0.25) is 0 Å². The Balaban J connectivity index is 1.92. The van der Waals surface area contributed by atoms with Crippen molar-refractivity contribution in [2.24, 2.45) is 0 Å². The van der Waals surface area contributed by atoms with Gasteiger partial charge in [-0.3, -0.25) is 0 Å². The van der Waals surface area contributed by atoms with E-state index < -0.39 is 0 Å². The number of rotatable bonds is 5. The Labute approximate surface area is 122 Å². The number of ether oxygens (including phenoxy) is 1. The predicted molar refractivity (Wildman–Crippen MR) is 81.7 cm³/mol. The second-order valence-electron chi connectivity index (χ2n) is 4.47. The van der Waals surface area contributed by atoms with Gasteiger partial charge in [-0.2, -0.15) is 0 Å². The fourth-order valence-corrected chi connectivity index (χ4v) is 2.15. The number of aromatic nitrogens is 1. The van der Waals surface area contributed by atoms with Crippen LogP contribution in [0.3, 0.4) is 0 Å². The van der Waals surface area contributed by atoms with Crippen LogP contribution in [-0.4, -0.2) is 18.1 Å². The number of halogens is 1. The second kappa shape index (κ2) is 6.57. The molecule has 0 aliphatic carbocycles. The van der Waals surface area contributed by atoms with Crippen LogP contribution < -0.4 is 10.1 Å². The molecule has 0 saturated heterocycles. The minimum atomic E-state index is 0.344. The maximum Gasteiger partial charge on any atom is 0.118 e. The summed E-state index contributed by atoms with van der Waals surface area (Å²) >= 11 is 3.33. The third-order valence-corrected chi connectivity index (χ3v) is 3.31. The van der Waals surface area contributed by atoms with Crippen LogP contribution in [-0.2, 0) is 6.42 Å². The quantitative estimate of drug-likeness (QED) is 0.848. The molecule has 2 rings (SSSR count). The lowest BCUT2D eigenvalue weighted by Gasteiger charge is -2.15. The first-order chi connectivity index (χ1) is 9.17. The second-order valence-corrected chi connectivity index (χ2v) is 5.28. The number of anilines is 1.